The highest BCUT2D eigenvalue weighted by Gasteiger charge is 2.25. The molecule has 160 valence electrons. The molecule has 0 saturated heterocycles. The molecule has 0 aromatic rings. The molecule has 0 aromatic heterocycles. The van der Waals surface area contributed by atoms with Crippen molar-refractivity contribution in [2.45, 2.75) is 83.9 Å². The summed E-state index contributed by atoms with van der Waals surface area (Å²) in [6.45, 7) is 10.9. The van der Waals surface area contributed by atoms with Crippen LogP contribution >= 0.6 is 0 Å². The Balaban J connectivity index is 1.73. The van der Waals surface area contributed by atoms with Crippen molar-refractivity contribution in [1.29, 1.82) is 0 Å². The summed E-state index contributed by atoms with van der Waals surface area (Å²) in [4.78, 5) is 16.7. The molecule has 0 radical (unpaired) electrons. The van der Waals surface area contributed by atoms with E-state index in [0.29, 0.717) is 6.04 Å². The number of nitrogens with zero attached hydrogens (tertiary/aromatic N) is 1. The second-order valence-corrected chi connectivity index (χ2v) is 8.54. The third kappa shape index (κ3) is 8.95. The smallest absolute Gasteiger partial charge is 0.407 e. The molecule has 0 spiro atoms. The SMILES string of the molecule is CCNC(=NCCC1=CCOCC1)NC1CCC(NC(=O)OC(C)(C)C)CC1. The normalized spacial score (nSPS) is 23.6. The minimum absolute atomic E-state index is 0.188. The number of ether oxygens (including phenoxy) is 2. The lowest BCUT2D eigenvalue weighted by Gasteiger charge is -2.31. The molecular weight excluding hydrogens is 356 g/mol. The van der Waals surface area contributed by atoms with Crippen LogP contribution in [-0.2, 0) is 9.47 Å². The van der Waals surface area contributed by atoms with E-state index in [2.05, 4.69) is 29.0 Å². The lowest BCUT2D eigenvalue weighted by Crippen LogP contribution is -2.48. The minimum Gasteiger partial charge on any atom is -0.444 e. The first kappa shape index (κ1) is 22.5. The van der Waals surface area contributed by atoms with E-state index in [1.54, 1.807) is 0 Å². The Morgan fingerprint density at radius 1 is 1.21 bits per heavy atom. The summed E-state index contributed by atoms with van der Waals surface area (Å²) in [6.07, 6.45) is 7.78. The summed E-state index contributed by atoms with van der Waals surface area (Å²) in [6, 6.07) is 0.574. The molecule has 0 aromatic carbocycles. The third-order valence-corrected chi connectivity index (χ3v) is 4.89. The van der Waals surface area contributed by atoms with Gasteiger partial charge < -0.3 is 25.4 Å². The van der Waals surface area contributed by atoms with E-state index in [1.165, 1.54) is 5.57 Å². The van der Waals surface area contributed by atoms with E-state index in [4.69, 9.17) is 14.5 Å². The average molecular weight is 395 g/mol. The molecule has 0 bridgehead atoms. The lowest BCUT2D eigenvalue weighted by atomic mass is 9.91. The lowest BCUT2D eigenvalue weighted by molar-refractivity contribution is 0.0490. The number of rotatable bonds is 6. The Bertz CT molecular complexity index is 546. The molecule has 0 unspecified atom stereocenters. The van der Waals surface area contributed by atoms with Crippen LogP contribution in [0.4, 0.5) is 4.79 Å². The first-order valence-electron chi connectivity index (χ1n) is 10.7. The predicted molar refractivity (Wildman–Crippen MR) is 113 cm³/mol. The van der Waals surface area contributed by atoms with Gasteiger partial charge in [0.25, 0.3) is 0 Å². The summed E-state index contributed by atoms with van der Waals surface area (Å²) in [5, 5.41) is 9.89. The van der Waals surface area contributed by atoms with Gasteiger partial charge in [-0.3, -0.25) is 4.99 Å². The van der Waals surface area contributed by atoms with Gasteiger partial charge in [0.15, 0.2) is 5.96 Å². The van der Waals surface area contributed by atoms with Crippen LogP contribution < -0.4 is 16.0 Å². The molecule has 2 rings (SSSR count). The monoisotopic (exact) mass is 394 g/mol. The fourth-order valence-corrected chi connectivity index (χ4v) is 3.47. The van der Waals surface area contributed by atoms with Crippen molar-refractivity contribution in [1.82, 2.24) is 16.0 Å². The van der Waals surface area contributed by atoms with Crippen molar-refractivity contribution in [2.75, 3.05) is 26.3 Å². The zero-order valence-electron chi connectivity index (χ0n) is 18.0. The highest BCUT2D eigenvalue weighted by atomic mass is 16.6. The van der Waals surface area contributed by atoms with E-state index in [1.807, 2.05) is 20.8 Å². The molecule has 1 aliphatic heterocycles. The Hall–Kier alpha value is -1.76. The maximum atomic E-state index is 11.9. The maximum absolute atomic E-state index is 11.9. The van der Waals surface area contributed by atoms with Gasteiger partial charge in [-0.2, -0.15) is 0 Å². The zero-order valence-corrected chi connectivity index (χ0v) is 18.0. The topological polar surface area (TPSA) is 84.0 Å². The number of aliphatic imine (C=N–C) groups is 1. The van der Waals surface area contributed by atoms with Gasteiger partial charge in [0, 0.05) is 25.2 Å². The van der Waals surface area contributed by atoms with Crippen LogP contribution in [-0.4, -0.2) is 56.0 Å². The molecule has 1 fully saturated rings. The molecule has 7 heteroatoms. The largest absolute Gasteiger partial charge is 0.444 e. The highest BCUT2D eigenvalue weighted by molar-refractivity contribution is 5.80. The van der Waals surface area contributed by atoms with E-state index in [-0.39, 0.29) is 12.1 Å². The number of guanidine groups is 1. The number of alkyl carbamates (subject to hydrolysis) is 1. The van der Waals surface area contributed by atoms with Crippen LogP contribution in [0.15, 0.2) is 16.6 Å². The summed E-state index contributed by atoms with van der Waals surface area (Å²) in [5.74, 6) is 0.888. The van der Waals surface area contributed by atoms with Crippen molar-refractivity contribution in [3.8, 4) is 0 Å². The molecule has 2 aliphatic rings. The zero-order chi connectivity index (χ0) is 20.4. The Labute approximate surface area is 169 Å². The molecule has 1 aliphatic carbocycles. The predicted octanol–water partition coefficient (Wildman–Crippen LogP) is 3.11. The van der Waals surface area contributed by atoms with Gasteiger partial charge in [-0.15, -0.1) is 0 Å². The Morgan fingerprint density at radius 3 is 2.46 bits per heavy atom. The minimum atomic E-state index is -0.458. The number of carbonyl (C=O) groups excluding carboxylic acids is 1. The van der Waals surface area contributed by atoms with Crippen molar-refractivity contribution in [2.24, 2.45) is 4.99 Å². The van der Waals surface area contributed by atoms with E-state index < -0.39 is 5.60 Å². The molecule has 0 atom stereocenters. The van der Waals surface area contributed by atoms with Crippen molar-refractivity contribution >= 4 is 12.1 Å². The number of nitrogens with one attached hydrogen (secondary N) is 3. The van der Waals surface area contributed by atoms with Crippen molar-refractivity contribution in [3.63, 3.8) is 0 Å². The van der Waals surface area contributed by atoms with E-state index >= 15 is 0 Å². The number of amides is 1. The standard InChI is InChI=1S/C21H38N4O3/c1-5-22-19(23-13-10-16-11-14-27-15-12-16)24-17-6-8-18(9-7-17)25-20(26)28-21(2,3)4/h11,17-18H,5-10,12-15H2,1-4H3,(H,25,26)(H2,22,23,24). The van der Waals surface area contributed by atoms with E-state index in [0.717, 1.165) is 70.8 Å². The number of hydrogen-bond donors (Lipinski definition) is 3. The molecule has 28 heavy (non-hydrogen) atoms. The summed E-state index contributed by atoms with van der Waals surface area (Å²) in [7, 11) is 0. The van der Waals surface area contributed by atoms with Crippen LogP contribution in [0.5, 0.6) is 0 Å². The van der Waals surface area contributed by atoms with Crippen LogP contribution in [0.25, 0.3) is 0 Å². The van der Waals surface area contributed by atoms with Gasteiger partial charge >= 0.3 is 6.09 Å². The van der Waals surface area contributed by atoms with Gasteiger partial charge in [-0.1, -0.05) is 11.6 Å². The third-order valence-electron chi connectivity index (χ3n) is 4.89. The maximum Gasteiger partial charge on any atom is 0.407 e. The first-order chi connectivity index (χ1) is 13.4. The molecule has 1 heterocycles. The molecular formula is C21H38N4O3. The van der Waals surface area contributed by atoms with Crippen molar-refractivity contribution < 1.29 is 14.3 Å². The van der Waals surface area contributed by atoms with Gasteiger partial charge in [-0.05, 0) is 66.2 Å². The first-order valence-corrected chi connectivity index (χ1v) is 10.7. The molecule has 1 saturated carbocycles. The molecule has 1 amide bonds. The van der Waals surface area contributed by atoms with Gasteiger partial charge in [0.1, 0.15) is 5.60 Å². The van der Waals surface area contributed by atoms with Gasteiger partial charge in [0.2, 0.25) is 0 Å². The molecule has 7 nitrogen and oxygen atoms in total. The van der Waals surface area contributed by atoms with Crippen molar-refractivity contribution in [3.05, 3.63) is 11.6 Å². The quantitative estimate of drug-likeness (QED) is 0.366. The Morgan fingerprint density at radius 2 is 1.89 bits per heavy atom. The molecule has 3 N–H and O–H groups in total. The number of hydrogen-bond acceptors (Lipinski definition) is 4. The summed E-state index contributed by atoms with van der Waals surface area (Å²) in [5.41, 5.74) is 0.986. The summed E-state index contributed by atoms with van der Waals surface area (Å²) >= 11 is 0. The van der Waals surface area contributed by atoms with Gasteiger partial charge in [-0.25, -0.2) is 4.79 Å². The second kappa shape index (κ2) is 11.3. The van der Waals surface area contributed by atoms with Crippen LogP contribution in [0.3, 0.4) is 0 Å². The Kier molecular flexibility index (Phi) is 9.09. The highest BCUT2D eigenvalue weighted by Crippen LogP contribution is 2.19. The second-order valence-electron chi connectivity index (χ2n) is 8.54. The van der Waals surface area contributed by atoms with Crippen LogP contribution in [0, 0.1) is 0 Å². The van der Waals surface area contributed by atoms with Crippen LogP contribution in [0.2, 0.25) is 0 Å². The van der Waals surface area contributed by atoms with E-state index in [9.17, 15) is 4.79 Å². The van der Waals surface area contributed by atoms with Gasteiger partial charge in [0.05, 0.1) is 13.2 Å². The average Bonchev–Trinajstić information content (AvgIpc) is 2.63. The van der Waals surface area contributed by atoms with Crippen LogP contribution in [0.1, 0.15) is 66.2 Å². The number of carbonyl (C=O) groups is 1. The fourth-order valence-electron chi connectivity index (χ4n) is 3.47. The fraction of sp³-hybridized carbons (Fsp3) is 0.810. The summed E-state index contributed by atoms with van der Waals surface area (Å²) < 4.78 is 10.7.